The lowest BCUT2D eigenvalue weighted by Gasteiger charge is -2.14. The maximum Gasteiger partial charge on any atom is 0.251 e. The van der Waals surface area contributed by atoms with Gasteiger partial charge in [0.15, 0.2) is 0 Å². The Labute approximate surface area is 108 Å². The minimum absolute atomic E-state index is 0.0350. The van der Waals surface area contributed by atoms with Crippen LogP contribution in [0.3, 0.4) is 0 Å². The standard InChI is InChI=1S/C15H21NO2/c1-2-3-4-12-5-7-13(8-6-12)14(18)16-15(11-17)9-10-15/h5-8,17H,2-4,9-11H2,1H3,(H,16,18). The molecule has 1 aliphatic carbocycles. The summed E-state index contributed by atoms with van der Waals surface area (Å²) in [6.07, 6.45) is 5.19. The van der Waals surface area contributed by atoms with Crippen molar-refractivity contribution < 1.29 is 9.90 Å². The Bertz CT molecular complexity index is 407. The molecule has 0 unspecified atom stereocenters. The highest BCUT2D eigenvalue weighted by Crippen LogP contribution is 2.34. The fourth-order valence-corrected chi connectivity index (χ4v) is 1.99. The van der Waals surface area contributed by atoms with Crippen LogP contribution in [-0.4, -0.2) is 23.2 Å². The van der Waals surface area contributed by atoms with Gasteiger partial charge in [0.25, 0.3) is 5.91 Å². The van der Waals surface area contributed by atoms with Crippen molar-refractivity contribution in [1.82, 2.24) is 5.32 Å². The van der Waals surface area contributed by atoms with Crippen LogP contribution in [0, 0.1) is 0 Å². The van der Waals surface area contributed by atoms with Crippen LogP contribution in [0.4, 0.5) is 0 Å². The van der Waals surface area contributed by atoms with Gasteiger partial charge in [0.05, 0.1) is 12.1 Å². The van der Waals surface area contributed by atoms with Crippen molar-refractivity contribution in [1.29, 1.82) is 0 Å². The highest BCUT2D eigenvalue weighted by molar-refractivity contribution is 5.95. The highest BCUT2D eigenvalue weighted by Gasteiger charge is 2.43. The van der Waals surface area contributed by atoms with Crippen LogP contribution >= 0.6 is 0 Å². The summed E-state index contributed by atoms with van der Waals surface area (Å²) in [7, 11) is 0. The van der Waals surface area contributed by atoms with E-state index in [-0.39, 0.29) is 18.1 Å². The first-order chi connectivity index (χ1) is 8.69. The Kier molecular flexibility index (Phi) is 4.02. The molecule has 1 aromatic rings. The van der Waals surface area contributed by atoms with E-state index in [1.165, 1.54) is 18.4 Å². The van der Waals surface area contributed by atoms with Crippen LogP contribution in [-0.2, 0) is 6.42 Å². The molecule has 2 N–H and O–H groups in total. The topological polar surface area (TPSA) is 49.3 Å². The monoisotopic (exact) mass is 247 g/mol. The van der Waals surface area contributed by atoms with Crippen LogP contribution in [0.5, 0.6) is 0 Å². The third-order valence-electron chi connectivity index (χ3n) is 3.57. The molecule has 0 radical (unpaired) electrons. The molecule has 1 aromatic carbocycles. The van der Waals surface area contributed by atoms with Gasteiger partial charge in [-0.15, -0.1) is 0 Å². The van der Waals surface area contributed by atoms with Crippen molar-refractivity contribution in [2.75, 3.05) is 6.61 Å². The van der Waals surface area contributed by atoms with E-state index in [1.54, 1.807) is 0 Å². The number of aliphatic hydroxyl groups is 1. The van der Waals surface area contributed by atoms with Crippen molar-refractivity contribution in [3.05, 3.63) is 35.4 Å². The summed E-state index contributed by atoms with van der Waals surface area (Å²) in [5.41, 5.74) is 1.62. The number of unbranched alkanes of at least 4 members (excludes halogenated alkanes) is 1. The number of aliphatic hydroxyl groups excluding tert-OH is 1. The normalized spacial score (nSPS) is 16.3. The number of nitrogens with one attached hydrogen (secondary N) is 1. The van der Waals surface area contributed by atoms with Crippen molar-refractivity contribution in [3.63, 3.8) is 0 Å². The predicted molar refractivity (Wildman–Crippen MR) is 71.6 cm³/mol. The third-order valence-corrected chi connectivity index (χ3v) is 3.57. The Balaban J connectivity index is 1.94. The molecule has 1 amide bonds. The number of carbonyl (C=O) groups is 1. The third kappa shape index (κ3) is 3.10. The molecule has 3 nitrogen and oxygen atoms in total. The number of carbonyl (C=O) groups excluding carboxylic acids is 1. The van der Waals surface area contributed by atoms with Gasteiger partial charge in [0.1, 0.15) is 0 Å². The SMILES string of the molecule is CCCCc1ccc(C(=O)NC2(CO)CC2)cc1. The van der Waals surface area contributed by atoms with E-state index in [0.29, 0.717) is 5.56 Å². The molecular weight excluding hydrogens is 226 g/mol. The van der Waals surface area contributed by atoms with Crippen molar-refractivity contribution in [2.24, 2.45) is 0 Å². The lowest BCUT2D eigenvalue weighted by atomic mass is 10.1. The van der Waals surface area contributed by atoms with E-state index in [9.17, 15) is 9.90 Å². The van der Waals surface area contributed by atoms with E-state index < -0.39 is 0 Å². The van der Waals surface area contributed by atoms with Gasteiger partial charge in [-0.25, -0.2) is 0 Å². The average Bonchev–Trinajstić information content (AvgIpc) is 3.17. The first-order valence-corrected chi connectivity index (χ1v) is 6.71. The first-order valence-electron chi connectivity index (χ1n) is 6.71. The highest BCUT2D eigenvalue weighted by atomic mass is 16.3. The average molecular weight is 247 g/mol. The summed E-state index contributed by atoms with van der Waals surface area (Å²) in [6.45, 7) is 2.21. The smallest absolute Gasteiger partial charge is 0.251 e. The van der Waals surface area contributed by atoms with Gasteiger partial charge in [-0.2, -0.15) is 0 Å². The zero-order chi connectivity index (χ0) is 13.0. The Morgan fingerprint density at radius 3 is 2.50 bits per heavy atom. The minimum atomic E-state index is -0.335. The quantitative estimate of drug-likeness (QED) is 0.810. The van der Waals surface area contributed by atoms with E-state index in [1.807, 2.05) is 24.3 Å². The second-order valence-corrected chi connectivity index (χ2v) is 5.19. The van der Waals surface area contributed by atoms with Gasteiger partial charge in [-0.05, 0) is 43.4 Å². The largest absolute Gasteiger partial charge is 0.394 e. The molecule has 3 heteroatoms. The molecular formula is C15H21NO2. The Morgan fingerprint density at radius 2 is 2.00 bits per heavy atom. The lowest BCUT2D eigenvalue weighted by Crippen LogP contribution is -2.39. The second-order valence-electron chi connectivity index (χ2n) is 5.19. The van der Waals surface area contributed by atoms with Crippen LogP contribution in [0.15, 0.2) is 24.3 Å². The van der Waals surface area contributed by atoms with Crippen molar-refractivity contribution in [2.45, 2.75) is 44.6 Å². The molecule has 18 heavy (non-hydrogen) atoms. The molecule has 0 heterocycles. The molecule has 1 saturated carbocycles. The van der Waals surface area contributed by atoms with Gasteiger partial charge < -0.3 is 10.4 Å². The molecule has 0 atom stereocenters. The molecule has 1 aliphatic rings. The summed E-state index contributed by atoms with van der Waals surface area (Å²) >= 11 is 0. The number of aryl methyl sites for hydroxylation is 1. The summed E-state index contributed by atoms with van der Waals surface area (Å²) in [4.78, 5) is 12.0. The van der Waals surface area contributed by atoms with Crippen molar-refractivity contribution in [3.8, 4) is 0 Å². The first kappa shape index (κ1) is 13.1. The number of benzene rings is 1. The molecule has 0 bridgehead atoms. The molecule has 0 aliphatic heterocycles. The summed E-state index contributed by atoms with van der Waals surface area (Å²) in [5, 5.41) is 12.1. The minimum Gasteiger partial charge on any atom is -0.394 e. The van der Waals surface area contributed by atoms with Crippen LogP contribution in [0.1, 0.15) is 48.5 Å². The molecule has 2 rings (SSSR count). The van der Waals surface area contributed by atoms with E-state index in [2.05, 4.69) is 12.2 Å². The predicted octanol–water partition coefficient (Wildman–Crippen LogP) is 2.28. The zero-order valence-corrected chi connectivity index (χ0v) is 10.9. The van der Waals surface area contributed by atoms with Crippen LogP contribution in [0.25, 0.3) is 0 Å². The van der Waals surface area contributed by atoms with E-state index in [4.69, 9.17) is 0 Å². The van der Waals surface area contributed by atoms with E-state index in [0.717, 1.165) is 19.3 Å². The van der Waals surface area contributed by atoms with E-state index >= 15 is 0 Å². The maximum atomic E-state index is 12.0. The van der Waals surface area contributed by atoms with Crippen molar-refractivity contribution >= 4 is 5.91 Å². The summed E-state index contributed by atoms with van der Waals surface area (Å²) in [6, 6.07) is 7.77. The summed E-state index contributed by atoms with van der Waals surface area (Å²) in [5.74, 6) is -0.0800. The Morgan fingerprint density at radius 1 is 1.33 bits per heavy atom. The second kappa shape index (κ2) is 5.53. The van der Waals surface area contributed by atoms with Gasteiger partial charge in [0.2, 0.25) is 0 Å². The van der Waals surface area contributed by atoms with Crippen LogP contribution < -0.4 is 5.32 Å². The molecule has 0 saturated heterocycles. The number of rotatable bonds is 6. The number of hydrogen-bond acceptors (Lipinski definition) is 2. The van der Waals surface area contributed by atoms with Gasteiger partial charge in [0, 0.05) is 5.56 Å². The Hall–Kier alpha value is -1.35. The molecule has 98 valence electrons. The zero-order valence-electron chi connectivity index (χ0n) is 10.9. The fourth-order valence-electron chi connectivity index (χ4n) is 1.99. The van der Waals surface area contributed by atoms with Gasteiger partial charge in [-0.1, -0.05) is 25.5 Å². The molecule has 0 aromatic heterocycles. The van der Waals surface area contributed by atoms with Crippen LogP contribution in [0.2, 0.25) is 0 Å². The maximum absolute atomic E-state index is 12.0. The molecule has 0 spiro atoms. The lowest BCUT2D eigenvalue weighted by molar-refractivity contribution is 0.0907. The molecule has 1 fully saturated rings. The van der Waals surface area contributed by atoms with Gasteiger partial charge >= 0.3 is 0 Å². The number of hydrogen-bond donors (Lipinski definition) is 2. The van der Waals surface area contributed by atoms with Gasteiger partial charge in [-0.3, -0.25) is 4.79 Å². The summed E-state index contributed by atoms with van der Waals surface area (Å²) < 4.78 is 0. The number of amides is 1. The fraction of sp³-hybridized carbons (Fsp3) is 0.533.